The fraction of sp³-hybridized carbons (Fsp3) is 0.571. The second-order valence-corrected chi connectivity index (χ2v) is 12.7. The number of para-hydroxylation sites is 2. The summed E-state index contributed by atoms with van der Waals surface area (Å²) in [4.78, 5) is 23.6. The summed E-state index contributed by atoms with van der Waals surface area (Å²) in [6.45, 7) is 11.7. The van der Waals surface area contributed by atoms with Crippen molar-refractivity contribution in [1.29, 1.82) is 0 Å². The summed E-state index contributed by atoms with van der Waals surface area (Å²) in [5, 5.41) is 10.4. The number of ether oxygens (including phenoxy) is 4. The van der Waals surface area contributed by atoms with Gasteiger partial charge in [-0.1, -0.05) is 43.3 Å². The topological polar surface area (TPSA) is 121 Å². The van der Waals surface area contributed by atoms with Crippen molar-refractivity contribution in [2.75, 3.05) is 26.0 Å². The maximum Gasteiger partial charge on any atom is 0.339 e. The Labute approximate surface area is 230 Å². The van der Waals surface area contributed by atoms with Crippen molar-refractivity contribution in [3.63, 3.8) is 0 Å². The van der Waals surface area contributed by atoms with Gasteiger partial charge in [-0.3, -0.25) is 14.4 Å². The van der Waals surface area contributed by atoms with Gasteiger partial charge in [-0.25, -0.2) is 0 Å². The third-order valence-electron chi connectivity index (χ3n) is 6.96. The lowest BCUT2D eigenvalue weighted by molar-refractivity contribution is -0.181. The largest absolute Gasteiger partial charge is 0.462 e. The zero-order valence-electron chi connectivity index (χ0n) is 23.4. The Bertz CT molecular complexity index is 1200. The van der Waals surface area contributed by atoms with Crippen molar-refractivity contribution in [3.05, 3.63) is 58.7 Å². The fourth-order valence-electron chi connectivity index (χ4n) is 5.05. The van der Waals surface area contributed by atoms with E-state index in [0.717, 1.165) is 28.0 Å². The molecule has 10 nitrogen and oxygen atoms in total. The van der Waals surface area contributed by atoms with Gasteiger partial charge in [0.2, 0.25) is 11.6 Å². The summed E-state index contributed by atoms with van der Waals surface area (Å²) in [6, 6.07) is 11.3. The molecule has 0 saturated heterocycles. The molecule has 0 aliphatic carbocycles. The molecule has 0 amide bonds. The molecule has 216 valence electrons. The zero-order chi connectivity index (χ0) is 28.4. The van der Waals surface area contributed by atoms with E-state index >= 15 is 0 Å². The quantitative estimate of drug-likeness (QED) is 0.348. The maximum atomic E-state index is 12.1. The highest BCUT2D eigenvalue weighted by atomic mass is 31.2. The van der Waals surface area contributed by atoms with Crippen LogP contribution in [0, 0.1) is 0 Å². The van der Waals surface area contributed by atoms with Crippen LogP contribution in [0.5, 0.6) is 11.5 Å². The number of hydrogen-bond acceptors (Lipinski definition) is 8. The Morgan fingerprint density at radius 2 is 1.41 bits per heavy atom. The van der Waals surface area contributed by atoms with Gasteiger partial charge in [0.05, 0.1) is 19.8 Å². The minimum atomic E-state index is -4.39. The molecule has 4 rings (SSSR count). The number of fused-ring (bicyclic) bond motifs is 2. The smallest absolute Gasteiger partial charge is 0.339 e. The van der Waals surface area contributed by atoms with Crippen molar-refractivity contribution in [3.8, 4) is 11.5 Å². The van der Waals surface area contributed by atoms with Crippen molar-refractivity contribution < 1.29 is 38.4 Å². The summed E-state index contributed by atoms with van der Waals surface area (Å²) in [5.41, 5.74) is 3.63. The van der Waals surface area contributed by atoms with Gasteiger partial charge in [0.15, 0.2) is 0 Å². The summed E-state index contributed by atoms with van der Waals surface area (Å²) >= 11 is 0. The monoisotopic (exact) mass is 564 g/mol. The van der Waals surface area contributed by atoms with Crippen LogP contribution in [0.25, 0.3) is 0 Å². The molecule has 0 fully saturated rings. The van der Waals surface area contributed by atoms with Gasteiger partial charge in [0, 0.05) is 75.6 Å². The Hall–Kier alpha value is -2.01. The van der Waals surface area contributed by atoms with Gasteiger partial charge in [-0.15, -0.1) is 0 Å². The van der Waals surface area contributed by atoms with Crippen LogP contribution in [0.4, 0.5) is 0 Å². The van der Waals surface area contributed by atoms with Crippen LogP contribution >= 0.6 is 7.60 Å². The molecular weight excluding hydrogens is 523 g/mol. The standard InChI is InChI=1S/C28H41N2O8P/c1-6-30(14-21-10-8-12-23-18-36-28(4,5)38-26(21)23)24(16-31)15-29(19-39(32,33)34)13-20-9-7-11-22-17-35-27(2,3)37-25(20)22/h7-12,24,31H,6,13-19H2,1-5H3,(H2,32,33,34). The molecule has 1 unspecified atom stereocenters. The van der Waals surface area contributed by atoms with Gasteiger partial charge in [0.25, 0.3) is 0 Å². The third kappa shape index (κ3) is 7.80. The van der Waals surface area contributed by atoms with Gasteiger partial charge >= 0.3 is 7.60 Å². The highest BCUT2D eigenvalue weighted by molar-refractivity contribution is 7.51. The van der Waals surface area contributed by atoms with Crippen LogP contribution in [0.15, 0.2) is 36.4 Å². The number of aliphatic hydroxyl groups is 1. The molecule has 0 radical (unpaired) electrons. The van der Waals surface area contributed by atoms with Crippen LogP contribution < -0.4 is 9.47 Å². The second-order valence-electron chi connectivity index (χ2n) is 11.1. The molecule has 2 aromatic rings. The molecule has 0 spiro atoms. The Morgan fingerprint density at radius 1 is 0.897 bits per heavy atom. The van der Waals surface area contributed by atoms with E-state index in [4.69, 9.17) is 18.9 Å². The molecule has 2 aliphatic rings. The Kier molecular flexibility index (Phi) is 9.10. The van der Waals surface area contributed by atoms with Gasteiger partial charge in [0.1, 0.15) is 17.8 Å². The van der Waals surface area contributed by atoms with Crippen molar-refractivity contribution >= 4 is 7.60 Å². The predicted molar refractivity (Wildman–Crippen MR) is 146 cm³/mol. The van der Waals surface area contributed by atoms with Crippen molar-refractivity contribution in [2.24, 2.45) is 0 Å². The number of aliphatic hydroxyl groups excluding tert-OH is 1. The van der Waals surface area contributed by atoms with Gasteiger partial charge < -0.3 is 33.8 Å². The van der Waals surface area contributed by atoms with Crippen molar-refractivity contribution in [2.45, 2.75) is 78.5 Å². The highest BCUT2D eigenvalue weighted by Crippen LogP contribution is 2.39. The molecule has 11 heteroatoms. The summed E-state index contributed by atoms with van der Waals surface area (Å²) < 4.78 is 35.9. The first-order valence-corrected chi connectivity index (χ1v) is 15.1. The first-order valence-electron chi connectivity index (χ1n) is 13.3. The SMILES string of the molecule is CCN(Cc1cccc2c1OC(C)(C)OC2)C(CO)CN(Cc1cccc2c1OC(C)(C)OC2)CP(=O)(O)O. The van der Waals surface area contributed by atoms with E-state index in [0.29, 0.717) is 32.1 Å². The minimum absolute atomic E-state index is 0.180. The van der Waals surface area contributed by atoms with E-state index in [1.807, 2.05) is 71.0 Å². The Balaban J connectivity index is 1.57. The lowest BCUT2D eigenvalue weighted by Crippen LogP contribution is -2.46. The van der Waals surface area contributed by atoms with Crippen LogP contribution in [0.2, 0.25) is 0 Å². The van der Waals surface area contributed by atoms with Gasteiger partial charge in [-0.05, 0) is 6.54 Å². The van der Waals surface area contributed by atoms with E-state index in [9.17, 15) is 19.5 Å². The molecule has 3 N–H and O–H groups in total. The zero-order valence-corrected chi connectivity index (χ0v) is 24.3. The van der Waals surface area contributed by atoms with Crippen molar-refractivity contribution in [1.82, 2.24) is 9.80 Å². The summed E-state index contributed by atoms with van der Waals surface area (Å²) in [5.74, 6) is -0.0859. The summed E-state index contributed by atoms with van der Waals surface area (Å²) in [7, 11) is -4.39. The van der Waals surface area contributed by atoms with E-state index < -0.39 is 25.5 Å². The van der Waals surface area contributed by atoms with E-state index in [-0.39, 0.29) is 25.7 Å². The number of nitrogens with zero attached hydrogens (tertiary/aromatic N) is 2. The van der Waals surface area contributed by atoms with E-state index in [2.05, 4.69) is 4.90 Å². The first-order chi connectivity index (χ1) is 18.3. The minimum Gasteiger partial charge on any atom is -0.462 e. The van der Waals surface area contributed by atoms with Crippen LogP contribution in [0.3, 0.4) is 0 Å². The number of rotatable bonds is 11. The highest BCUT2D eigenvalue weighted by Gasteiger charge is 2.32. The molecule has 1 atom stereocenters. The van der Waals surface area contributed by atoms with Crippen LogP contribution in [0.1, 0.15) is 56.9 Å². The van der Waals surface area contributed by atoms with Gasteiger partial charge in [-0.2, -0.15) is 0 Å². The first kappa shape index (κ1) is 30.0. The molecule has 0 bridgehead atoms. The third-order valence-corrected chi connectivity index (χ3v) is 7.72. The number of hydrogen-bond donors (Lipinski definition) is 3. The molecule has 2 aliphatic heterocycles. The second kappa shape index (κ2) is 11.8. The average Bonchev–Trinajstić information content (AvgIpc) is 2.84. The fourth-order valence-corrected chi connectivity index (χ4v) is 5.78. The molecule has 2 heterocycles. The average molecular weight is 565 g/mol. The van der Waals surface area contributed by atoms with E-state index in [1.165, 1.54) is 0 Å². The van der Waals surface area contributed by atoms with E-state index in [1.54, 1.807) is 4.90 Å². The normalized spacial score (nSPS) is 18.7. The number of likely N-dealkylation sites (N-methyl/N-ethyl adjacent to an activating group) is 1. The molecule has 2 aromatic carbocycles. The predicted octanol–water partition coefficient (Wildman–Crippen LogP) is 3.80. The summed E-state index contributed by atoms with van der Waals surface area (Å²) in [6.07, 6.45) is -0.444. The lowest BCUT2D eigenvalue weighted by Gasteiger charge is -2.37. The Morgan fingerprint density at radius 3 is 1.87 bits per heavy atom. The molecule has 0 aromatic heterocycles. The van der Waals surface area contributed by atoms with Crippen LogP contribution in [-0.4, -0.2) is 68.3 Å². The maximum absolute atomic E-state index is 12.1. The molecule has 39 heavy (non-hydrogen) atoms. The lowest BCUT2D eigenvalue weighted by atomic mass is 10.1. The molecular formula is C28H41N2O8P. The van der Waals surface area contributed by atoms with Crippen LogP contribution in [-0.2, 0) is 40.3 Å². The molecule has 0 saturated carbocycles. The number of benzene rings is 2.